The van der Waals surface area contributed by atoms with Crippen LogP contribution in [0.15, 0.2) is 18.3 Å². The smallest absolute Gasteiger partial charge is 0.306 e. The van der Waals surface area contributed by atoms with E-state index in [1.807, 2.05) is 0 Å². The number of ether oxygens (including phenoxy) is 1. The molecule has 3 heteroatoms. The van der Waals surface area contributed by atoms with E-state index in [2.05, 4.69) is 16.8 Å². The number of hydrogen-bond acceptors (Lipinski definition) is 3. The molecule has 0 aromatic carbocycles. The molecule has 1 aromatic rings. The van der Waals surface area contributed by atoms with Gasteiger partial charge >= 0.3 is 5.97 Å². The summed E-state index contributed by atoms with van der Waals surface area (Å²) in [6, 6.07) is 3.52. The molecule has 0 aliphatic heterocycles. The number of terminal acetylenes is 2. The second-order valence-corrected chi connectivity index (χ2v) is 3.75. The summed E-state index contributed by atoms with van der Waals surface area (Å²) in [5.74, 6) is 4.78. The third-order valence-electron chi connectivity index (χ3n) is 2.32. The Kier molecular flexibility index (Phi) is 6.08. The number of unbranched alkanes of at least 4 members (excludes halogenated alkanes) is 2. The van der Waals surface area contributed by atoms with Crippen LogP contribution in [0.4, 0.5) is 0 Å². The predicted molar refractivity (Wildman–Crippen MR) is 69.3 cm³/mol. The Hall–Kier alpha value is -2.26. The largest absolute Gasteiger partial charge is 0.459 e. The lowest BCUT2D eigenvalue weighted by molar-refractivity contribution is -0.145. The van der Waals surface area contributed by atoms with Gasteiger partial charge in [0.25, 0.3) is 0 Å². The summed E-state index contributed by atoms with van der Waals surface area (Å²) in [7, 11) is 0. The maximum atomic E-state index is 11.4. The van der Waals surface area contributed by atoms with Gasteiger partial charge in [-0.25, -0.2) is 0 Å². The molecule has 1 heterocycles. The Morgan fingerprint density at radius 2 is 2.17 bits per heavy atom. The van der Waals surface area contributed by atoms with Crippen LogP contribution >= 0.6 is 0 Å². The number of carbonyl (C=O) groups is 1. The van der Waals surface area contributed by atoms with E-state index in [9.17, 15) is 4.79 Å². The molecule has 92 valence electrons. The SMILES string of the molecule is C#CCCCCC(=O)OCc1ccc(C#C)cn1. The zero-order chi connectivity index (χ0) is 13.2. The van der Waals surface area contributed by atoms with Crippen molar-refractivity contribution < 1.29 is 9.53 Å². The van der Waals surface area contributed by atoms with E-state index < -0.39 is 0 Å². The van der Waals surface area contributed by atoms with E-state index >= 15 is 0 Å². The lowest BCUT2D eigenvalue weighted by Gasteiger charge is -2.04. The minimum absolute atomic E-state index is 0.179. The van der Waals surface area contributed by atoms with Gasteiger partial charge in [-0.2, -0.15) is 0 Å². The Morgan fingerprint density at radius 1 is 1.33 bits per heavy atom. The quantitative estimate of drug-likeness (QED) is 0.436. The monoisotopic (exact) mass is 241 g/mol. The summed E-state index contributed by atoms with van der Waals surface area (Å²) < 4.78 is 5.08. The molecule has 0 aliphatic carbocycles. The van der Waals surface area contributed by atoms with Crippen molar-refractivity contribution in [1.29, 1.82) is 0 Å². The van der Waals surface area contributed by atoms with Crippen molar-refractivity contribution in [3.05, 3.63) is 29.6 Å². The molecular weight excluding hydrogens is 226 g/mol. The van der Waals surface area contributed by atoms with Gasteiger partial charge in [0.15, 0.2) is 0 Å². The Balaban J connectivity index is 2.25. The first-order valence-corrected chi connectivity index (χ1v) is 5.77. The number of carbonyl (C=O) groups excluding carboxylic acids is 1. The molecule has 0 radical (unpaired) electrons. The van der Waals surface area contributed by atoms with Crippen molar-refractivity contribution in [2.24, 2.45) is 0 Å². The zero-order valence-corrected chi connectivity index (χ0v) is 10.2. The first-order chi connectivity index (χ1) is 8.76. The molecule has 0 unspecified atom stereocenters. The van der Waals surface area contributed by atoms with Crippen molar-refractivity contribution >= 4 is 5.97 Å². The molecule has 0 amide bonds. The fourth-order valence-corrected chi connectivity index (χ4v) is 1.32. The van der Waals surface area contributed by atoms with Crippen molar-refractivity contribution in [2.75, 3.05) is 0 Å². The second-order valence-electron chi connectivity index (χ2n) is 3.75. The average Bonchev–Trinajstić information content (AvgIpc) is 2.42. The highest BCUT2D eigenvalue weighted by Crippen LogP contribution is 2.04. The first kappa shape index (κ1) is 13.8. The molecule has 0 atom stereocenters. The molecule has 0 spiro atoms. The third kappa shape index (κ3) is 5.18. The topological polar surface area (TPSA) is 39.2 Å². The van der Waals surface area contributed by atoms with Crippen LogP contribution in [0.5, 0.6) is 0 Å². The molecule has 3 nitrogen and oxygen atoms in total. The van der Waals surface area contributed by atoms with E-state index in [1.165, 1.54) is 0 Å². The van der Waals surface area contributed by atoms with Crippen LogP contribution in [0.3, 0.4) is 0 Å². The molecular formula is C15H15NO2. The Labute approximate surface area is 108 Å². The molecule has 0 saturated heterocycles. The highest BCUT2D eigenvalue weighted by atomic mass is 16.5. The van der Waals surface area contributed by atoms with Gasteiger partial charge in [-0.05, 0) is 25.0 Å². The maximum absolute atomic E-state index is 11.4. The maximum Gasteiger partial charge on any atom is 0.306 e. The van der Waals surface area contributed by atoms with E-state index in [0.717, 1.165) is 12.8 Å². The molecule has 0 aliphatic rings. The standard InChI is InChI=1S/C15H15NO2/c1-3-5-6-7-8-15(17)18-12-14-10-9-13(4-2)11-16-14/h1-2,9-11H,5-8,12H2. The molecule has 1 aromatic heterocycles. The van der Waals surface area contributed by atoms with Gasteiger partial charge in [0, 0.05) is 24.6 Å². The number of rotatable bonds is 6. The Morgan fingerprint density at radius 3 is 2.78 bits per heavy atom. The molecule has 0 saturated carbocycles. The van der Waals surface area contributed by atoms with Gasteiger partial charge in [0.05, 0.1) is 5.69 Å². The van der Waals surface area contributed by atoms with Crippen LogP contribution < -0.4 is 0 Å². The number of nitrogens with zero attached hydrogens (tertiary/aromatic N) is 1. The highest BCUT2D eigenvalue weighted by Gasteiger charge is 2.03. The lowest BCUT2D eigenvalue weighted by Crippen LogP contribution is -2.05. The van der Waals surface area contributed by atoms with Crippen molar-refractivity contribution in [2.45, 2.75) is 32.3 Å². The van der Waals surface area contributed by atoms with E-state index in [0.29, 0.717) is 24.1 Å². The van der Waals surface area contributed by atoms with Gasteiger partial charge in [-0.3, -0.25) is 9.78 Å². The van der Waals surface area contributed by atoms with Crippen LogP contribution in [0, 0.1) is 24.7 Å². The Bertz CT molecular complexity index is 463. The van der Waals surface area contributed by atoms with Gasteiger partial charge in [-0.15, -0.1) is 18.8 Å². The van der Waals surface area contributed by atoms with Crippen LogP contribution in [0.25, 0.3) is 0 Å². The molecule has 0 N–H and O–H groups in total. The molecule has 0 fully saturated rings. The average molecular weight is 241 g/mol. The van der Waals surface area contributed by atoms with Gasteiger partial charge in [-0.1, -0.05) is 5.92 Å². The van der Waals surface area contributed by atoms with E-state index in [-0.39, 0.29) is 12.6 Å². The summed E-state index contributed by atoms with van der Waals surface area (Å²) in [5.41, 5.74) is 1.39. The van der Waals surface area contributed by atoms with Crippen LogP contribution in [-0.4, -0.2) is 11.0 Å². The number of hydrogen-bond donors (Lipinski definition) is 0. The summed E-state index contributed by atoms with van der Waals surface area (Å²) in [6.45, 7) is 0.179. The fraction of sp³-hybridized carbons (Fsp3) is 0.333. The van der Waals surface area contributed by atoms with E-state index in [4.69, 9.17) is 17.6 Å². The minimum atomic E-state index is -0.227. The second kappa shape index (κ2) is 7.92. The van der Waals surface area contributed by atoms with Crippen molar-refractivity contribution in [3.8, 4) is 24.7 Å². The lowest BCUT2D eigenvalue weighted by atomic mass is 10.2. The molecule has 18 heavy (non-hydrogen) atoms. The zero-order valence-electron chi connectivity index (χ0n) is 10.2. The summed E-state index contributed by atoms with van der Waals surface area (Å²) in [6.07, 6.45) is 14.6. The van der Waals surface area contributed by atoms with Crippen molar-refractivity contribution in [1.82, 2.24) is 4.98 Å². The first-order valence-electron chi connectivity index (χ1n) is 5.77. The van der Waals surface area contributed by atoms with E-state index in [1.54, 1.807) is 18.3 Å². The van der Waals surface area contributed by atoms with Gasteiger partial charge in [0.2, 0.25) is 0 Å². The van der Waals surface area contributed by atoms with Gasteiger partial charge in [0.1, 0.15) is 6.61 Å². The van der Waals surface area contributed by atoms with Crippen LogP contribution in [0.1, 0.15) is 36.9 Å². The fourth-order valence-electron chi connectivity index (χ4n) is 1.32. The molecule has 1 rings (SSSR count). The third-order valence-corrected chi connectivity index (χ3v) is 2.32. The molecule has 0 bridgehead atoms. The number of pyridine rings is 1. The minimum Gasteiger partial charge on any atom is -0.459 e. The van der Waals surface area contributed by atoms with Crippen LogP contribution in [-0.2, 0) is 16.1 Å². The number of aromatic nitrogens is 1. The van der Waals surface area contributed by atoms with Gasteiger partial charge < -0.3 is 4.74 Å². The normalized spacial score (nSPS) is 9.22. The van der Waals surface area contributed by atoms with Crippen LogP contribution in [0.2, 0.25) is 0 Å². The number of esters is 1. The highest BCUT2D eigenvalue weighted by molar-refractivity contribution is 5.69. The van der Waals surface area contributed by atoms with Crippen molar-refractivity contribution in [3.63, 3.8) is 0 Å². The summed E-state index contributed by atoms with van der Waals surface area (Å²) in [5, 5.41) is 0. The predicted octanol–water partition coefficient (Wildman–Crippen LogP) is 2.30. The summed E-state index contributed by atoms with van der Waals surface area (Å²) >= 11 is 0. The summed E-state index contributed by atoms with van der Waals surface area (Å²) in [4.78, 5) is 15.5.